The van der Waals surface area contributed by atoms with E-state index in [0.29, 0.717) is 11.1 Å². The Kier molecular flexibility index (Phi) is 5.48. The molecule has 5 nitrogen and oxygen atoms in total. The topological polar surface area (TPSA) is 68.0 Å². The fourth-order valence-electron chi connectivity index (χ4n) is 3.47. The number of hydrogen-bond donors (Lipinski definition) is 1. The molecule has 4 rings (SSSR count). The molecule has 0 fully saturated rings. The molecule has 28 heavy (non-hydrogen) atoms. The summed E-state index contributed by atoms with van der Waals surface area (Å²) >= 11 is 1.29. The zero-order chi connectivity index (χ0) is 19.5. The summed E-state index contributed by atoms with van der Waals surface area (Å²) in [6.45, 7) is 3.90. The molecule has 1 amide bonds. The number of nitrogens with one attached hydrogen (secondary N) is 1. The molecule has 2 aromatic carbocycles. The lowest BCUT2D eigenvalue weighted by Crippen LogP contribution is -2.35. The van der Waals surface area contributed by atoms with Gasteiger partial charge in [-0.3, -0.25) is 4.79 Å². The van der Waals surface area contributed by atoms with Gasteiger partial charge >= 0.3 is 0 Å². The minimum atomic E-state index is -0.319. The van der Waals surface area contributed by atoms with Crippen LogP contribution in [-0.2, 0) is 11.2 Å². The van der Waals surface area contributed by atoms with E-state index in [0.717, 1.165) is 24.8 Å². The van der Waals surface area contributed by atoms with Crippen LogP contribution in [0.15, 0.2) is 58.2 Å². The predicted octanol–water partition coefficient (Wildman–Crippen LogP) is 4.72. The van der Waals surface area contributed by atoms with Crippen LogP contribution in [0.1, 0.15) is 42.5 Å². The summed E-state index contributed by atoms with van der Waals surface area (Å²) in [6, 6.07) is 16.3. The molecule has 0 bridgehead atoms. The largest absolute Gasteiger partial charge is 0.411 e. The van der Waals surface area contributed by atoms with Crippen LogP contribution in [0.2, 0.25) is 0 Å². The predicted molar refractivity (Wildman–Crippen MR) is 110 cm³/mol. The second-order valence-electron chi connectivity index (χ2n) is 7.15. The van der Waals surface area contributed by atoms with Crippen molar-refractivity contribution in [3.8, 4) is 11.5 Å². The van der Waals surface area contributed by atoms with Gasteiger partial charge in [-0.15, -0.1) is 10.2 Å². The highest BCUT2D eigenvalue weighted by molar-refractivity contribution is 8.00. The highest BCUT2D eigenvalue weighted by Crippen LogP contribution is 2.31. The van der Waals surface area contributed by atoms with Crippen molar-refractivity contribution in [1.82, 2.24) is 15.5 Å². The van der Waals surface area contributed by atoms with E-state index in [2.05, 4.69) is 33.7 Å². The SMILES string of the molecule is Cc1ccc(-c2nnc(S[C@@H](C)C(=O)N[C@@H]3CCCc4ccccc43)o2)cc1. The number of thioether (sulfide) groups is 1. The Bertz CT molecular complexity index is 968. The van der Waals surface area contributed by atoms with Crippen LogP contribution in [0.25, 0.3) is 11.5 Å². The van der Waals surface area contributed by atoms with Crippen LogP contribution in [0.3, 0.4) is 0 Å². The number of rotatable bonds is 5. The fraction of sp³-hybridized carbons (Fsp3) is 0.318. The van der Waals surface area contributed by atoms with Crippen LogP contribution < -0.4 is 5.32 Å². The number of aryl methyl sites for hydroxylation is 2. The maximum atomic E-state index is 12.7. The van der Waals surface area contributed by atoms with Crippen molar-refractivity contribution >= 4 is 17.7 Å². The lowest BCUT2D eigenvalue weighted by molar-refractivity contribution is -0.121. The number of carbonyl (C=O) groups excluding carboxylic acids is 1. The minimum absolute atomic E-state index is 0.0122. The van der Waals surface area contributed by atoms with E-state index in [4.69, 9.17) is 4.42 Å². The van der Waals surface area contributed by atoms with E-state index in [1.165, 1.54) is 28.5 Å². The second-order valence-corrected chi connectivity index (χ2v) is 8.44. The van der Waals surface area contributed by atoms with Gasteiger partial charge < -0.3 is 9.73 Å². The van der Waals surface area contributed by atoms with E-state index < -0.39 is 0 Å². The van der Waals surface area contributed by atoms with E-state index in [-0.39, 0.29) is 17.2 Å². The second kappa shape index (κ2) is 8.19. The van der Waals surface area contributed by atoms with Gasteiger partial charge in [0.05, 0.1) is 11.3 Å². The van der Waals surface area contributed by atoms with Crippen LogP contribution in [0.4, 0.5) is 0 Å². The molecule has 3 aromatic rings. The monoisotopic (exact) mass is 393 g/mol. The summed E-state index contributed by atoms with van der Waals surface area (Å²) < 4.78 is 5.74. The lowest BCUT2D eigenvalue weighted by atomic mass is 9.88. The van der Waals surface area contributed by atoms with Crippen molar-refractivity contribution in [3.63, 3.8) is 0 Å². The number of hydrogen-bond acceptors (Lipinski definition) is 5. The Morgan fingerprint density at radius 2 is 1.96 bits per heavy atom. The summed E-state index contributed by atoms with van der Waals surface area (Å²) in [5.41, 5.74) is 4.62. The standard InChI is InChI=1S/C22H23N3O2S/c1-14-10-12-17(13-11-14)21-24-25-22(27-21)28-15(2)20(26)23-19-9-5-7-16-6-3-4-8-18(16)19/h3-4,6,8,10-13,15,19H,5,7,9H2,1-2H3,(H,23,26)/t15-,19+/m0/s1. The van der Waals surface area contributed by atoms with Gasteiger partial charge in [-0.05, 0) is 56.4 Å². The summed E-state index contributed by atoms with van der Waals surface area (Å²) in [7, 11) is 0. The zero-order valence-electron chi connectivity index (χ0n) is 16.0. The summed E-state index contributed by atoms with van der Waals surface area (Å²) in [5.74, 6) is 0.457. The van der Waals surface area contributed by atoms with Crippen molar-refractivity contribution in [2.45, 2.75) is 49.6 Å². The Morgan fingerprint density at radius 1 is 1.18 bits per heavy atom. The van der Waals surface area contributed by atoms with Gasteiger partial charge in [0.25, 0.3) is 5.22 Å². The van der Waals surface area contributed by atoms with Crippen molar-refractivity contribution < 1.29 is 9.21 Å². The molecule has 1 aliphatic rings. The molecular formula is C22H23N3O2S. The Morgan fingerprint density at radius 3 is 2.79 bits per heavy atom. The molecule has 1 N–H and O–H groups in total. The summed E-state index contributed by atoms with van der Waals surface area (Å²) in [4.78, 5) is 12.7. The molecule has 2 atom stereocenters. The van der Waals surface area contributed by atoms with Gasteiger partial charge in [-0.1, -0.05) is 53.7 Å². The number of carbonyl (C=O) groups is 1. The third-order valence-corrected chi connectivity index (χ3v) is 5.97. The number of nitrogens with zero attached hydrogens (tertiary/aromatic N) is 2. The van der Waals surface area contributed by atoms with Gasteiger partial charge in [0.2, 0.25) is 11.8 Å². The van der Waals surface area contributed by atoms with Crippen molar-refractivity contribution in [1.29, 1.82) is 0 Å². The van der Waals surface area contributed by atoms with Crippen LogP contribution >= 0.6 is 11.8 Å². The first-order chi connectivity index (χ1) is 13.6. The molecule has 6 heteroatoms. The van der Waals surface area contributed by atoms with Crippen LogP contribution in [0.5, 0.6) is 0 Å². The Labute approximate surface area is 168 Å². The first-order valence-electron chi connectivity index (χ1n) is 9.55. The number of amides is 1. The number of aromatic nitrogens is 2. The van der Waals surface area contributed by atoms with Gasteiger partial charge in [0.15, 0.2) is 0 Å². The Balaban J connectivity index is 1.40. The van der Waals surface area contributed by atoms with Gasteiger partial charge in [-0.2, -0.15) is 0 Å². The molecule has 0 saturated heterocycles. The van der Waals surface area contributed by atoms with E-state index >= 15 is 0 Å². The van der Waals surface area contributed by atoms with E-state index in [1.54, 1.807) is 0 Å². The molecule has 0 aliphatic heterocycles. The van der Waals surface area contributed by atoms with Gasteiger partial charge in [0.1, 0.15) is 0 Å². The Hall–Kier alpha value is -2.60. The summed E-state index contributed by atoms with van der Waals surface area (Å²) in [6.07, 6.45) is 3.14. The maximum Gasteiger partial charge on any atom is 0.277 e. The highest BCUT2D eigenvalue weighted by atomic mass is 32.2. The first-order valence-corrected chi connectivity index (χ1v) is 10.4. The van der Waals surface area contributed by atoms with Gasteiger partial charge in [0, 0.05) is 5.56 Å². The molecule has 1 heterocycles. The third-order valence-electron chi connectivity index (χ3n) is 5.04. The smallest absolute Gasteiger partial charge is 0.277 e. The highest BCUT2D eigenvalue weighted by Gasteiger charge is 2.25. The average molecular weight is 394 g/mol. The molecule has 0 unspecified atom stereocenters. The normalized spacial score (nSPS) is 17.0. The minimum Gasteiger partial charge on any atom is -0.411 e. The molecule has 0 saturated carbocycles. The lowest BCUT2D eigenvalue weighted by Gasteiger charge is -2.27. The number of benzene rings is 2. The van der Waals surface area contributed by atoms with Gasteiger partial charge in [-0.25, -0.2) is 0 Å². The molecule has 1 aliphatic carbocycles. The van der Waals surface area contributed by atoms with Crippen LogP contribution in [-0.4, -0.2) is 21.4 Å². The maximum absolute atomic E-state index is 12.7. The molecule has 0 radical (unpaired) electrons. The van der Waals surface area contributed by atoms with E-state index in [9.17, 15) is 4.79 Å². The van der Waals surface area contributed by atoms with E-state index in [1.807, 2.05) is 44.2 Å². The van der Waals surface area contributed by atoms with Crippen LogP contribution in [0, 0.1) is 6.92 Å². The molecule has 144 valence electrons. The first kappa shape index (κ1) is 18.7. The number of fused-ring (bicyclic) bond motifs is 1. The van der Waals surface area contributed by atoms with Crippen molar-refractivity contribution in [2.24, 2.45) is 0 Å². The molecular weight excluding hydrogens is 370 g/mol. The van der Waals surface area contributed by atoms with Crippen molar-refractivity contribution in [2.75, 3.05) is 0 Å². The third kappa shape index (κ3) is 4.12. The zero-order valence-corrected chi connectivity index (χ0v) is 16.8. The summed E-state index contributed by atoms with van der Waals surface area (Å²) in [5, 5.41) is 11.5. The molecule has 0 spiro atoms. The quantitative estimate of drug-likeness (QED) is 0.635. The molecule has 1 aromatic heterocycles. The van der Waals surface area contributed by atoms with Crippen molar-refractivity contribution in [3.05, 3.63) is 65.2 Å². The average Bonchev–Trinajstić information content (AvgIpc) is 3.17. The fourth-order valence-corrected chi connectivity index (χ4v) is 4.16.